The number of hydrogen-bond acceptors (Lipinski definition) is 1. The molecule has 0 aromatic carbocycles. The lowest BCUT2D eigenvalue weighted by molar-refractivity contribution is 0.315. The summed E-state index contributed by atoms with van der Waals surface area (Å²) < 4.78 is 0. The summed E-state index contributed by atoms with van der Waals surface area (Å²) in [6.07, 6.45) is 15.7. The highest BCUT2D eigenvalue weighted by Crippen LogP contribution is 2.21. The van der Waals surface area contributed by atoms with Crippen LogP contribution in [0.5, 0.6) is 0 Å². The fourth-order valence-corrected chi connectivity index (χ4v) is 2.59. The minimum Gasteiger partial charge on any atom is -0.309 e. The molecule has 0 aromatic heterocycles. The van der Waals surface area contributed by atoms with E-state index in [0.717, 1.165) is 5.92 Å². The molecular formula is C17H37N. The van der Waals surface area contributed by atoms with Crippen molar-refractivity contribution in [3.63, 3.8) is 0 Å². The van der Waals surface area contributed by atoms with Gasteiger partial charge in [-0.15, -0.1) is 0 Å². The van der Waals surface area contributed by atoms with E-state index in [2.05, 4.69) is 32.8 Å². The van der Waals surface area contributed by atoms with Gasteiger partial charge in [0.2, 0.25) is 0 Å². The number of rotatable bonds is 13. The van der Waals surface area contributed by atoms with Gasteiger partial charge >= 0.3 is 0 Å². The minimum atomic E-state index is 0.987. The molecule has 0 bridgehead atoms. The molecule has 1 heteroatoms. The van der Waals surface area contributed by atoms with Crippen molar-refractivity contribution in [2.45, 2.75) is 84.5 Å². The summed E-state index contributed by atoms with van der Waals surface area (Å²) in [6.45, 7) is 5.87. The predicted octanol–water partition coefficient (Wildman–Crippen LogP) is 5.50. The van der Waals surface area contributed by atoms with Crippen molar-refractivity contribution < 1.29 is 0 Å². The highest BCUT2D eigenvalue weighted by Gasteiger charge is 2.08. The summed E-state index contributed by atoms with van der Waals surface area (Å²) in [6, 6.07) is 0. The van der Waals surface area contributed by atoms with Crippen LogP contribution in [0.15, 0.2) is 0 Å². The maximum atomic E-state index is 2.34. The molecule has 0 heterocycles. The summed E-state index contributed by atoms with van der Waals surface area (Å²) in [7, 11) is 4.40. The zero-order chi connectivity index (χ0) is 13.6. The minimum absolute atomic E-state index is 0.987. The lowest BCUT2D eigenvalue weighted by Crippen LogP contribution is -2.17. The zero-order valence-corrected chi connectivity index (χ0v) is 13.5. The summed E-state index contributed by atoms with van der Waals surface area (Å²) in [5.41, 5.74) is 0. The van der Waals surface area contributed by atoms with Gasteiger partial charge < -0.3 is 4.90 Å². The molecule has 0 unspecified atom stereocenters. The third kappa shape index (κ3) is 12.4. The molecule has 0 atom stereocenters. The van der Waals surface area contributed by atoms with Gasteiger partial charge in [-0.25, -0.2) is 0 Å². The van der Waals surface area contributed by atoms with Gasteiger partial charge in [0.25, 0.3) is 0 Å². The highest BCUT2D eigenvalue weighted by molar-refractivity contribution is 4.62. The fourth-order valence-electron chi connectivity index (χ4n) is 2.59. The van der Waals surface area contributed by atoms with Crippen LogP contribution >= 0.6 is 0 Å². The van der Waals surface area contributed by atoms with Crippen LogP contribution in [-0.4, -0.2) is 25.5 Å². The molecule has 0 fully saturated rings. The maximum absolute atomic E-state index is 2.34. The first kappa shape index (κ1) is 18.0. The molecule has 0 aliphatic rings. The Balaban J connectivity index is 3.69. The van der Waals surface area contributed by atoms with Crippen LogP contribution in [0, 0.1) is 5.92 Å². The summed E-state index contributed by atoms with van der Waals surface area (Å²) in [4.78, 5) is 2.34. The summed E-state index contributed by atoms with van der Waals surface area (Å²) in [5.74, 6) is 0.987. The molecule has 0 aliphatic heterocycles. The van der Waals surface area contributed by atoms with Crippen LogP contribution in [0.4, 0.5) is 0 Å². The van der Waals surface area contributed by atoms with Crippen LogP contribution in [0.1, 0.15) is 84.5 Å². The van der Waals surface area contributed by atoms with E-state index in [0.29, 0.717) is 0 Å². The molecular weight excluding hydrogens is 218 g/mol. The normalized spacial score (nSPS) is 11.7. The van der Waals surface area contributed by atoms with Crippen LogP contribution in [0.2, 0.25) is 0 Å². The SMILES string of the molecule is CCCCCCC(CCCCCC)CCN(C)C. The monoisotopic (exact) mass is 255 g/mol. The lowest BCUT2D eigenvalue weighted by Gasteiger charge is -2.19. The first-order chi connectivity index (χ1) is 8.70. The van der Waals surface area contributed by atoms with Gasteiger partial charge in [0.15, 0.2) is 0 Å². The average molecular weight is 255 g/mol. The van der Waals surface area contributed by atoms with Crippen molar-refractivity contribution in [1.29, 1.82) is 0 Å². The second-order valence-corrected chi connectivity index (χ2v) is 6.16. The van der Waals surface area contributed by atoms with Gasteiger partial charge in [-0.05, 0) is 33.0 Å². The molecule has 0 saturated heterocycles. The van der Waals surface area contributed by atoms with Crippen molar-refractivity contribution in [1.82, 2.24) is 4.90 Å². The van der Waals surface area contributed by atoms with Gasteiger partial charge in [-0.3, -0.25) is 0 Å². The Bertz CT molecular complexity index is 142. The van der Waals surface area contributed by atoms with E-state index in [1.165, 1.54) is 77.2 Å². The maximum Gasteiger partial charge on any atom is -0.00222 e. The Morgan fingerprint density at radius 3 is 1.56 bits per heavy atom. The standard InChI is InChI=1S/C17H37N/c1-5-7-9-11-13-17(15-16-18(3)4)14-12-10-8-6-2/h17H,5-16H2,1-4H3. The molecule has 0 aliphatic carbocycles. The van der Waals surface area contributed by atoms with E-state index >= 15 is 0 Å². The number of hydrogen-bond donors (Lipinski definition) is 0. The highest BCUT2D eigenvalue weighted by atomic mass is 15.0. The van der Waals surface area contributed by atoms with E-state index in [-0.39, 0.29) is 0 Å². The second-order valence-electron chi connectivity index (χ2n) is 6.16. The molecule has 1 nitrogen and oxygen atoms in total. The third-order valence-electron chi connectivity index (χ3n) is 3.92. The first-order valence-electron chi connectivity index (χ1n) is 8.35. The Labute approximate surface area is 116 Å². The van der Waals surface area contributed by atoms with Crippen molar-refractivity contribution in [3.05, 3.63) is 0 Å². The van der Waals surface area contributed by atoms with Crippen LogP contribution < -0.4 is 0 Å². The molecule has 0 spiro atoms. The first-order valence-corrected chi connectivity index (χ1v) is 8.35. The molecule has 18 heavy (non-hydrogen) atoms. The zero-order valence-electron chi connectivity index (χ0n) is 13.5. The van der Waals surface area contributed by atoms with Crippen molar-refractivity contribution in [2.24, 2.45) is 5.92 Å². The van der Waals surface area contributed by atoms with Gasteiger partial charge in [0.05, 0.1) is 0 Å². The van der Waals surface area contributed by atoms with Gasteiger partial charge in [0, 0.05) is 0 Å². The van der Waals surface area contributed by atoms with E-state index in [4.69, 9.17) is 0 Å². The van der Waals surface area contributed by atoms with Crippen molar-refractivity contribution >= 4 is 0 Å². The van der Waals surface area contributed by atoms with E-state index in [9.17, 15) is 0 Å². The predicted molar refractivity (Wildman–Crippen MR) is 84.2 cm³/mol. The Morgan fingerprint density at radius 2 is 1.17 bits per heavy atom. The quantitative estimate of drug-likeness (QED) is 0.393. The molecule has 0 aromatic rings. The van der Waals surface area contributed by atoms with Crippen LogP contribution in [-0.2, 0) is 0 Å². The molecule has 0 N–H and O–H groups in total. The topological polar surface area (TPSA) is 3.24 Å². The largest absolute Gasteiger partial charge is 0.309 e. The van der Waals surface area contributed by atoms with Crippen molar-refractivity contribution in [3.8, 4) is 0 Å². The number of unbranched alkanes of at least 4 members (excludes halogenated alkanes) is 6. The number of nitrogens with zero attached hydrogens (tertiary/aromatic N) is 1. The van der Waals surface area contributed by atoms with Gasteiger partial charge in [-0.1, -0.05) is 78.1 Å². The average Bonchev–Trinajstić information content (AvgIpc) is 2.35. The fraction of sp³-hybridized carbons (Fsp3) is 1.00. The van der Waals surface area contributed by atoms with Gasteiger partial charge in [-0.2, -0.15) is 0 Å². The van der Waals surface area contributed by atoms with E-state index in [1.807, 2.05) is 0 Å². The molecule has 110 valence electrons. The lowest BCUT2D eigenvalue weighted by atomic mass is 9.91. The van der Waals surface area contributed by atoms with Gasteiger partial charge in [0.1, 0.15) is 0 Å². The molecule has 0 amide bonds. The molecule has 0 radical (unpaired) electrons. The van der Waals surface area contributed by atoms with Crippen LogP contribution in [0.25, 0.3) is 0 Å². The summed E-state index contributed by atoms with van der Waals surface area (Å²) in [5, 5.41) is 0. The van der Waals surface area contributed by atoms with E-state index in [1.54, 1.807) is 0 Å². The smallest absolute Gasteiger partial charge is 0.00222 e. The second kappa shape index (κ2) is 13.4. The van der Waals surface area contributed by atoms with E-state index < -0.39 is 0 Å². The summed E-state index contributed by atoms with van der Waals surface area (Å²) >= 11 is 0. The Kier molecular flexibility index (Phi) is 13.4. The molecule has 0 saturated carbocycles. The van der Waals surface area contributed by atoms with Crippen molar-refractivity contribution in [2.75, 3.05) is 20.6 Å². The van der Waals surface area contributed by atoms with Crippen LogP contribution in [0.3, 0.4) is 0 Å². The third-order valence-corrected chi connectivity index (χ3v) is 3.92. The Hall–Kier alpha value is -0.0400. The Morgan fingerprint density at radius 1 is 0.667 bits per heavy atom. The molecule has 0 rings (SSSR count).